The Morgan fingerprint density at radius 3 is 2.67 bits per heavy atom. The summed E-state index contributed by atoms with van der Waals surface area (Å²) in [5.41, 5.74) is -0.196. The van der Waals surface area contributed by atoms with E-state index in [4.69, 9.17) is 19.8 Å². The number of hydrogen-bond acceptors (Lipinski definition) is 5. The fourth-order valence-corrected chi connectivity index (χ4v) is 1.82. The van der Waals surface area contributed by atoms with Gasteiger partial charge in [0.05, 0.1) is 17.7 Å². The van der Waals surface area contributed by atoms with Crippen LogP contribution in [0.1, 0.15) is 39.2 Å². The highest BCUT2D eigenvalue weighted by atomic mass is 16.6. The van der Waals surface area contributed by atoms with Crippen molar-refractivity contribution in [3.63, 3.8) is 0 Å². The number of nitrogens with zero attached hydrogens (tertiary/aromatic N) is 1. The molecule has 7 nitrogen and oxygen atoms in total. The lowest BCUT2D eigenvalue weighted by atomic mass is 10.1. The van der Waals surface area contributed by atoms with E-state index in [-0.39, 0.29) is 19.4 Å². The molecule has 0 saturated heterocycles. The highest BCUT2D eigenvalue weighted by Gasteiger charge is 2.20. The maximum absolute atomic E-state index is 11.8. The van der Waals surface area contributed by atoms with Gasteiger partial charge in [0.1, 0.15) is 18.0 Å². The quantitative estimate of drug-likeness (QED) is 0.793. The third-order valence-electron chi connectivity index (χ3n) is 2.84. The fraction of sp³-hybridized carbons (Fsp3) is 0.471. The van der Waals surface area contributed by atoms with Crippen molar-refractivity contribution in [2.24, 2.45) is 0 Å². The molecule has 0 bridgehead atoms. The number of aliphatic carboxylic acids is 1. The number of hydrogen-bond donors (Lipinski definition) is 2. The van der Waals surface area contributed by atoms with E-state index in [9.17, 15) is 9.59 Å². The molecule has 0 aliphatic carbocycles. The lowest BCUT2D eigenvalue weighted by Gasteiger charge is -2.23. The molecule has 0 unspecified atom stereocenters. The highest BCUT2D eigenvalue weighted by Crippen LogP contribution is 2.14. The third kappa shape index (κ3) is 8.03. The predicted molar refractivity (Wildman–Crippen MR) is 86.7 cm³/mol. The Morgan fingerprint density at radius 1 is 1.38 bits per heavy atom. The number of nitriles is 1. The second kappa shape index (κ2) is 8.77. The van der Waals surface area contributed by atoms with Gasteiger partial charge in [-0.25, -0.2) is 4.79 Å². The lowest BCUT2D eigenvalue weighted by Crippen LogP contribution is -2.42. The van der Waals surface area contributed by atoms with Crippen LogP contribution in [0.4, 0.5) is 4.79 Å². The Bertz CT molecular complexity index is 616. The Kier molecular flexibility index (Phi) is 7.05. The Labute approximate surface area is 141 Å². The summed E-state index contributed by atoms with van der Waals surface area (Å²) >= 11 is 0. The minimum Gasteiger partial charge on any atom is -0.491 e. The summed E-state index contributed by atoms with van der Waals surface area (Å²) < 4.78 is 10.7. The van der Waals surface area contributed by atoms with Gasteiger partial charge in [0, 0.05) is 6.42 Å². The van der Waals surface area contributed by atoms with Crippen molar-refractivity contribution < 1.29 is 24.2 Å². The van der Waals surface area contributed by atoms with Crippen molar-refractivity contribution in [3.8, 4) is 11.8 Å². The second-order valence-corrected chi connectivity index (χ2v) is 6.23. The molecule has 0 heterocycles. The molecule has 0 spiro atoms. The zero-order chi connectivity index (χ0) is 18.2. The molecule has 1 rings (SSSR count). The molecule has 1 aromatic carbocycles. The Balaban J connectivity index is 2.65. The molecule has 24 heavy (non-hydrogen) atoms. The molecule has 0 radical (unpaired) electrons. The average molecular weight is 334 g/mol. The van der Waals surface area contributed by atoms with E-state index in [0.29, 0.717) is 11.3 Å². The summed E-state index contributed by atoms with van der Waals surface area (Å²) in [4.78, 5) is 22.6. The summed E-state index contributed by atoms with van der Waals surface area (Å²) in [6, 6.07) is 8.06. The molecular weight excluding hydrogens is 312 g/mol. The normalized spacial score (nSPS) is 11.9. The maximum Gasteiger partial charge on any atom is 0.407 e. The summed E-state index contributed by atoms with van der Waals surface area (Å²) in [6.45, 7) is 5.29. The lowest BCUT2D eigenvalue weighted by molar-refractivity contribution is -0.137. The zero-order valence-electron chi connectivity index (χ0n) is 14.0. The Hall–Kier alpha value is -2.75. The van der Waals surface area contributed by atoms with E-state index in [1.165, 1.54) is 0 Å². The standard InChI is InChI=1S/C17H22N2O5/c1-17(2,3)24-16(22)19-13(7-8-15(20)21)11-23-14-6-4-5-12(9-14)10-18/h4-6,9,13H,7-8,11H2,1-3H3,(H,19,22)(H,20,21)/t13-/m0/s1. The number of amides is 1. The van der Waals surface area contributed by atoms with E-state index in [1.54, 1.807) is 45.0 Å². The molecule has 0 saturated carbocycles. The molecule has 0 aliphatic heterocycles. The Morgan fingerprint density at radius 2 is 2.08 bits per heavy atom. The smallest absolute Gasteiger partial charge is 0.407 e. The van der Waals surface area contributed by atoms with Crippen molar-refractivity contribution in [3.05, 3.63) is 29.8 Å². The van der Waals surface area contributed by atoms with Crippen LogP contribution < -0.4 is 10.1 Å². The van der Waals surface area contributed by atoms with E-state index in [1.807, 2.05) is 6.07 Å². The molecule has 130 valence electrons. The molecule has 1 amide bonds. The topological polar surface area (TPSA) is 109 Å². The molecule has 1 atom stereocenters. The average Bonchev–Trinajstić information content (AvgIpc) is 2.48. The number of carbonyl (C=O) groups is 2. The van der Waals surface area contributed by atoms with Gasteiger partial charge in [-0.15, -0.1) is 0 Å². The predicted octanol–water partition coefficient (Wildman–Crippen LogP) is 2.70. The first-order chi connectivity index (χ1) is 11.2. The second-order valence-electron chi connectivity index (χ2n) is 6.23. The first-order valence-corrected chi connectivity index (χ1v) is 7.54. The number of alkyl carbamates (subject to hydrolysis) is 1. The summed E-state index contributed by atoms with van der Waals surface area (Å²) in [5, 5.41) is 20.3. The van der Waals surface area contributed by atoms with Gasteiger partial charge >= 0.3 is 12.1 Å². The van der Waals surface area contributed by atoms with Gasteiger partial charge in [0.25, 0.3) is 0 Å². The third-order valence-corrected chi connectivity index (χ3v) is 2.84. The van der Waals surface area contributed by atoms with E-state index in [0.717, 1.165) is 0 Å². The molecule has 0 aromatic heterocycles. The van der Waals surface area contributed by atoms with Crippen molar-refractivity contribution in [1.82, 2.24) is 5.32 Å². The van der Waals surface area contributed by atoms with Crippen LogP contribution in [0, 0.1) is 11.3 Å². The SMILES string of the molecule is CC(C)(C)OC(=O)N[C@@H](CCC(=O)O)COc1cccc(C#N)c1. The van der Waals surface area contributed by atoms with Crippen LogP contribution in [0.2, 0.25) is 0 Å². The maximum atomic E-state index is 11.8. The van der Waals surface area contributed by atoms with Gasteiger partial charge in [-0.05, 0) is 45.4 Å². The van der Waals surface area contributed by atoms with Crippen LogP contribution in [0.25, 0.3) is 0 Å². The molecule has 1 aromatic rings. The minimum absolute atomic E-state index is 0.0708. The number of carboxylic acids is 1. The van der Waals surface area contributed by atoms with E-state index < -0.39 is 23.7 Å². The van der Waals surface area contributed by atoms with Gasteiger partial charge in [-0.1, -0.05) is 6.07 Å². The molecule has 0 fully saturated rings. The van der Waals surface area contributed by atoms with Crippen LogP contribution in [-0.4, -0.2) is 35.4 Å². The van der Waals surface area contributed by atoms with Gasteiger partial charge in [0.15, 0.2) is 0 Å². The zero-order valence-corrected chi connectivity index (χ0v) is 14.0. The molecule has 7 heteroatoms. The van der Waals surface area contributed by atoms with Crippen molar-refractivity contribution in [1.29, 1.82) is 5.26 Å². The molecule has 2 N–H and O–H groups in total. The van der Waals surface area contributed by atoms with Crippen molar-refractivity contribution in [2.45, 2.75) is 45.3 Å². The number of carboxylic acid groups (broad SMARTS) is 1. The van der Waals surface area contributed by atoms with Gasteiger partial charge in [0.2, 0.25) is 0 Å². The summed E-state index contributed by atoms with van der Waals surface area (Å²) in [6.07, 6.45) is -0.540. The van der Waals surface area contributed by atoms with Crippen LogP contribution in [0.5, 0.6) is 5.75 Å². The van der Waals surface area contributed by atoms with Crippen LogP contribution >= 0.6 is 0 Å². The number of rotatable bonds is 7. The largest absolute Gasteiger partial charge is 0.491 e. The van der Waals surface area contributed by atoms with Crippen LogP contribution in [0.3, 0.4) is 0 Å². The number of ether oxygens (including phenoxy) is 2. The summed E-state index contributed by atoms with van der Waals surface area (Å²) in [7, 11) is 0. The van der Waals surface area contributed by atoms with Crippen molar-refractivity contribution in [2.75, 3.05) is 6.61 Å². The van der Waals surface area contributed by atoms with Crippen molar-refractivity contribution >= 4 is 12.1 Å². The minimum atomic E-state index is -0.961. The fourth-order valence-electron chi connectivity index (χ4n) is 1.82. The van der Waals surface area contributed by atoms with E-state index in [2.05, 4.69) is 5.32 Å². The first-order valence-electron chi connectivity index (χ1n) is 7.54. The van der Waals surface area contributed by atoms with Crippen LogP contribution in [0.15, 0.2) is 24.3 Å². The monoisotopic (exact) mass is 334 g/mol. The first kappa shape index (κ1) is 19.3. The van der Waals surface area contributed by atoms with Gasteiger partial charge in [-0.2, -0.15) is 5.26 Å². The summed E-state index contributed by atoms with van der Waals surface area (Å²) in [5.74, 6) is -0.488. The number of nitrogens with one attached hydrogen (secondary N) is 1. The molecular formula is C17H22N2O5. The van der Waals surface area contributed by atoms with Gasteiger partial charge < -0.3 is 19.9 Å². The van der Waals surface area contributed by atoms with Gasteiger partial charge in [-0.3, -0.25) is 4.79 Å². The number of benzene rings is 1. The van der Waals surface area contributed by atoms with E-state index >= 15 is 0 Å². The highest BCUT2D eigenvalue weighted by molar-refractivity contribution is 5.69. The molecule has 0 aliphatic rings. The van der Waals surface area contributed by atoms with Crippen LogP contribution in [-0.2, 0) is 9.53 Å². The number of carbonyl (C=O) groups excluding carboxylic acids is 1.